The third kappa shape index (κ3) is 4.64. The van der Waals surface area contributed by atoms with Crippen LogP contribution in [-0.4, -0.2) is 26.7 Å². The summed E-state index contributed by atoms with van der Waals surface area (Å²) in [4.78, 5) is 37.2. The number of benzene rings is 2. The summed E-state index contributed by atoms with van der Waals surface area (Å²) in [5.41, 5.74) is 4.97. The van der Waals surface area contributed by atoms with Gasteiger partial charge in [-0.3, -0.25) is 18.9 Å². The molecule has 190 valence electrons. The second-order valence-electron chi connectivity index (χ2n) is 9.20. The van der Waals surface area contributed by atoms with Crippen molar-refractivity contribution >= 4 is 40.4 Å². The quantitative estimate of drug-likeness (QED) is 0.364. The van der Waals surface area contributed by atoms with Crippen molar-refractivity contribution in [1.29, 1.82) is 0 Å². The summed E-state index contributed by atoms with van der Waals surface area (Å²) in [6.07, 6.45) is 3.35. The molecule has 1 aliphatic heterocycles. The van der Waals surface area contributed by atoms with Crippen molar-refractivity contribution in [2.24, 2.45) is 7.05 Å². The van der Waals surface area contributed by atoms with Gasteiger partial charge in [0, 0.05) is 38.2 Å². The van der Waals surface area contributed by atoms with Crippen LogP contribution in [0, 0.1) is 12.7 Å². The van der Waals surface area contributed by atoms with E-state index in [1.807, 2.05) is 30.9 Å². The first-order valence-corrected chi connectivity index (χ1v) is 13.1. The topological polar surface area (TPSA) is 92.2 Å². The maximum absolute atomic E-state index is 13.8. The second kappa shape index (κ2) is 9.85. The number of amides is 1. The lowest BCUT2D eigenvalue weighted by atomic mass is 10.0. The first-order valence-electron chi connectivity index (χ1n) is 11.8. The highest BCUT2D eigenvalue weighted by Gasteiger charge is 2.25. The van der Waals surface area contributed by atoms with Gasteiger partial charge in [-0.05, 0) is 60.9 Å². The van der Waals surface area contributed by atoms with Crippen LogP contribution >= 0.6 is 11.9 Å². The van der Waals surface area contributed by atoms with Gasteiger partial charge in [-0.1, -0.05) is 24.1 Å². The molecule has 0 radical (unpaired) electrons. The summed E-state index contributed by atoms with van der Waals surface area (Å²) in [7, 11) is 1.71. The number of rotatable bonds is 6. The highest BCUT2D eigenvalue weighted by Crippen LogP contribution is 2.31. The molecule has 2 N–H and O–H groups in total. The minimum atomic E-state index is -0.295. The number of carbonyl (C=O) groups excluding carboxylic acids is 1. The fourth-order valence-electron chi connectivity index (χ4n) is 4.81. The number of hydrogen-bond acceptors (Lipinski definition) is 7. The Kier molecular flexibility index (Phi) is 6.59. The van der Waals surface area contributed by atoms with Gasteiger partial charge in [-0.25, -0.2) is 14.4 Å². The fourth-order valence-corrected chi connectivity index (χ4v) is 5.10. The number of nitrogens with zero attached hydrogens (tertiary/aromatic N) is 4. The Morgan fingerprint density at radius 3 is 2.73 bits per heavy atom. The third-order valence-electron chi connectivity index (χ3n) is 6.56. The lowest BCUT2D eigenvalue weighted by Gasteiger charge is -2.23. The van der Waals surface area contributed by atoms with E-state index in [1.54, 1.807) is 42.3 Å². The summed E-state index contributed by atoms with van der Waals surface area (Å²) < 4.78 is 18.1. The molecule has 0 saturated carbocycles. The summed E-state index contributed by atoms with van der Waals surface area (Å²) >= 11 is 1.21. The number of hydrogen-bond donors (Lipinski definition) is 2. The molecule has 2 aromatic heterocycles. The van der Waals surface area contributed by atoms with Gasteiger partial charge in [0.25, 0.3) is 11.5 Å². The summed E-state index contributed by atoms with van der Waals surface area (Å²) in [5.74, 6) is -0.0522. The molecular weight excluding hydrogens is 491 g/mol. The molecule has 1 amide bonds. The van der Waals surface area contributed by atoms with Crippen LogP contribution in [0.4, 0.5) is 16.0 Å². The number of pyridine rings is 1. The van der Waals surface area contributed by atoms with Crippen LogP contribution < -0.4 is 20.5 Å². The Morgan fingerprint density at radius 1 is 1.16 bits per heavy atom. The largest absolute Gasteiger partial charge is 0.377 e. The molecule has 5 rings (SSSR count). The highest BCUT2D eigenvalue weighted by atomic mass is 32.2. The van der Waals surface area contributed by atoms with Crippen molar-refractivity contribution in [2.45, 2.75) is 33.0 Å². The smallest absolute Gasteiger partial charge is 0.281 e. The SMILES string of the molecule is CSNC(=O)c1ncccc1NC(C)c1cc(C)cc2c(=O)n(C)c(N3Cc4ccc(F)cc4C3)nc12. The molecule has 4 aromatic rings. The van der Waals surface area contributed by atoms with E-state index in [9.17, 15) is 14.0 Å². The Bertz CT molecular complexity index is 1590. The number of carbonyl (C=O) groups is 1. The van der Waals surface area contributed by atoms with Crippen molar-refractivity contribution < 1.29 is 9.18 Å². The zero-order valence-corrected chi connectivity index (χ0v) is 21.8. The third-order valence-corrected chi connectivity index (χ3v) is 6.95. The van der Waals surface area contributed by atoms with E-state index in [0.29, 0.717) is 35.6 Å². The number of aryl methyl sites for hydroxylation is 1. The van der Waals surface area contributed by atoms with Crippen molar-refractivity contribution in [3.8, 4) is 0 Å². The van der Waals surface area contributed by atoms with Crippen LogP contribution in [0.5, 0.6) is 0 Å². The first-order chi connectivity index (χ1) is 17.8. The zero-order valence-electron chi connectivity index (χ0n) is 21.0. The minimum absolute atomic E-state index is 0.152. The van der Waals surface area contributed by atoms with Gasteiger partial charge < -0.3 is 10.2 Å². The Morgan fingerprint density at radius 2 is 1.95 bits per heavy atom. The number of nitrogens with one attached hydrogen (secondary N) is 2. The molecular formula is C27H27FN6O2S. The molecule has 0 fully saturated rings. The van der Waals surface area contributed by atoms with E-state index in [4.69, 9.17) is 4.98 Å². The van der Waals surface area contributed by atoms with Crippen molar-refractivity contribution in [1.82, 2.24) is 19.3 Å². The molecule has 2 aromatic carbocycles. The minimum Gasteiger partial charge on any atom is -0.377 e. The lowest BCUT2D eigenvalue weighted by molar-refractivity contribution is 0.0980. The molecule has 0 saturated heterocycles. The lowest BCUT2D eigenvalue weighted by Crippen LogP contribution is -2.28. The van der Waals surface area contributed by atoms with Crippen LogP contribution in [0.3, 0.4) is 0 Å². The normalized spacial score (nSPS) is 13.5. The fraction of sp³-hybridized carbons (Fsp3) is 0.259. The Balaban J connectivity index is 1.57. The first kappa shape index (κ1) is 24.8. The second-order valence-corrected chi connectivity index (χ2v) is 9.81. The average Bonchev–Trinajstić information content (AvgIpc) is 3.29. The Labute approximate surface area is 218 Å². The predicted molar refractivity (Wildman–Crippen MR) is 145 cm³/mol. The van der Waals surface area contributed by atoms with E-state index in [0.717, 1.165) is 22.3 Å². The molecule has 1 atom stereocenters. The van der Waals surface area contributed by atoms with Gasteiger partial charge in [0.2, 0.25) is 5.95 Å². The van der Waals surface area contributed by atoms with Gasteiger partial charge in [0.05, 0.1) is 22.6 Å². The van der Waals surface area contributed by atoms with Crippen molar-refractivity contribution in [2.75, 3.05) is 16.5 Å². The summed E-state index contributed by atoms with van der Waals surface area (Å²) in [6.45, 7) is 4.92. The standard InChI is InChI=1S/C27H27FN6O2S/c1-15-10-20(16(2)30-22-6-5-9-29-24(22)25(35)32-37-4)23-21(11-15)26(36)33(3)27(31-23)34-13-17-7-8-19(28)12-18(17)14-34/h5-12,16,30H,13-14H2,1-4H3,(H,32,35). The summed E-state index contributed by atoms with van der Waals surface area (Å²) in [5, 5.41) is 3.91. The van der Waals surface area contributed by atoms with E-state index < -0.39 is 0 Å². The number of fused-ring (bicyclic) bond motifs is 2. The van der Waals surface area contributed by atoms with Crippen molar-refractivity contribution in [3.63, 3.8) is 0 Å². The predicted octanol–water partition coefficient (Wildman–Crippen LogP) is 4.48. The van der Waals surface area contributed by atoms with Gasteiger partial charge >= 0.3 is 0 Å². The molecule has 3 heterocycles. The monoisotopic (exact) mass is 518 g/mol. The average molecular weight is 519 g/mol. The molecule has 0 spiro atoms. The van der Waals surface area contributed by atoms with Crippen molar-refractivity contribution in [3.05, 3.63) is 92.8 Å². The number of halogens is 1. The van der Waals surface area contributed by atoms with Crippen LogP contribution in [-0.2, 0) is 20.1 Å². The molecule has 1 aliphatic rings. The molecule has 1 unspecified atom stereocenters. The van der Waals surface area contributed by atoms with E-state index in [1.165, 1.54) is 24.1 Å². The van der Waals surface area contributed by atoms with Crippen LogP contribution in [0.15, 0.2) is 53.5 Å². The maximum Gasteiger partial charge on any atom is 0.281 e. The van der Waals surface area contributed by atoms with E-state index in [-0.39, 0.29) is 29.0 Å². The molecule has 8 nitrogen and oxygen atoms in total. The molecule has 10 heteroatoms. The van der Waals surface area contributed by atoms with Crippen LogP contribution in [0.2, 0.25) is 0 Å². The maximum atomic E-state index is 13.8. The zero-order chi connectivity index (χ0) is 26.3. The van der Waals surface area contributed by atoms with Gasteiger partial charge in [-0.2, -0.15) is 0 Å². The number of anilines is 2. The van der Waals surface area contributed by atoms with Crippen LogP contribution in [0.25, 0.3) is 10.9 Å². The Hall–Kier alpha value is -3.92. The van der Waals surface area contributed by atoms with Gasteiger partial charge in [0.1, 0.15) is 5.82 Å². The van der Waals surface area contributed by atoms with Gasteiger partial charge in [0.15, 0.2) is 5.69 Å². The highest BCUT2D eigenvalue weighted by molar-refractivity contribution is 7.97. The van der Waals surface area contributed by atoms with E-state index >= 15 is 0 Å². The molecule has 0 bridgehead atoms. The van der Waals surface area contributed by atoms with E-state index in [2.05, 4.69) is 15.0 Å². The summed E-state index contributed by atoms with van der Waals surface area (Å²) in [6, 6.07) is 11.9. The van der Waals surface area contributed by atoms with Gasteiger partial charge in [-0.15, -0.1) is 0 Å². The number of aromatic nitrogens is 3. The molecule has 0 aliphatic carbocycles. The van der Waals surface area contributed by atoms with Crippen LogP contribution in [0.1, 0.15) is 45.7 Å². The molecule has 37 heavy (non-hydrogen) atoms.